The number of rotatable bonds is 18. The minimum absolute atomic E-state index is 0.847. The highest BCUT2D eigenvalue weighted by Gasteiger charge is 1.91. The summed E-state index contributed by atoms with van der Waals surface area (Å²) >= 11 is 0. The van der Waals surface area contributed by atoms with Crippen LogP contribution in [0.1, 0.15) is 90.4 Å². The predicted molar refractivity (Wildman–Crippen MR) is 99.6 cm³/mol. The Bertz CT molecular complexity index is 216. The van der Waals surface area contributed by atoms with E-state index in [1.54, 1.807) is 0 Å². The highest BCUT2D eigenvalue weighted by Crippen LogP contribution is 2.09. The summed E-state index contributed by atoms with van der Waals surface area (Å²) in [5, 5.41) is 3.09. The molecule has 0 fully saturated rings. The molecule has 0 aromatic heterocycles. The second kappa shape index (κ2) is 20.7. The zero-order valence-electron chi connectivity index (χ0n) is 15.4. The van der Waals surface area contributed by atoms with Crippen LogP contribution in [0.25, 0.3) is 0 Å². The molecule has 0 rings (SSSR count). The highest BCUT2D eigenvalue weighted by molar-refractivity contribution is 4.81. The van der Waals surface area contributed by atoms with Gasteiger partial charge in [0.05, 0.1) is 6.61 Å². The fourth-order valence-electron chi connectivity index (χ4n) is 2.55. The van der Waals surface area contributed by atoms with E-state index in [1.807, 2.05) is 7.05 Å². The molecule has 1 N–H and O–H groups in total. The first kappa shape index (κ1) is 21.7. The Labute approximate surface area is 140 Å². The van der Waals surface area contributed by atoms with Gasteiger partial charge in [-0.3, -0.25) is 0 Å². The second-order valence-electron chi connectivity index (χ2n) is 6.30. The van der Waals surface area contributed by atoms with Crippen LogP contribution in [0.5, 0.6) is 0 Å². The first-order valence-electron chi connectivity index (χ1n) is 9.79. The summed E-state index contributed by atoms with van der Waals surface area (Å²) < 4.78 is 5.51. The Morgan fingerprint density at radius 3 is 1.82 bits per heavy atom. The standard InChI is InChI=1S/C20H41NO/c1-3-4-5-6-7-8-9-10-11-12-13-14-15-16-17-19-22-20-18-21-2/h10-11,21H,3-9,12-20H2,1-2H3. The van der Waals surface area contributed by atoms with Crippen LogP contribution in [0, 0.1) is 0 Å². The number of ether oxygens (including phenoxy) is 1. The van der Waals surface area contributed by atoms with Crippen LogP contribution in [-0.4, -0.2) is 26.8 Å². The Hall–Kier alpha value is -0.340. The molecular formula is C20H41NO. The first-order chi connectivity index (χ1) is 10.9. The van der Waals surface area contributed by atoms with Crippen molar-refractivity contribution in [2.24, 2.45) is 0 Å². The Balaban J connectivity index is 3.02. The molecule has 0 aliphatic carbocycles. The number of nitrogens with one attached hydrogen (secondary N) is 1. The van der Waals surface area contributed by atoms with Gasteiger partial charge < -0.3 is 10.1 Å². The van der Waals surface area contributed by atoms with Crippen molar-refractivity contribution in [2.45, 2.75) is 90.4 Å². The largest absolute Gasteiger partial charge is 0.380 e. The van der Waals surface area contributed by atoms with E-state index in [4.69, 9.17) is 4.74 Å². The molecule has 0 heterocycles. The molecule has 0 aromatic rings. The van der Waals surface area contributed by atoms with Crippen LogP contribution in [-0.2, 0) is 4.74 Å². The first-order valence-corrected chi connectivity index (χ1v) is 9.79. The smallest absolute Gasteiger partial charge is 0.0590 e. The quantitative estimate of drug-likeness (QED) is 0.252. The summed E-state index contributed by atoms with van der Waals surface area (Å²) in [6.07, 6.45) is 22.4. The van der Waals surface area contributed by atoms with Gasteiger partial charge >= 0.3 is 0 Å². The van der Waals surface area contributed by atoms with Gasteiger partial charge in [0.1, 0.15) is 0 Å². The summed E-state index contributed by atoms with van der Waals surface area (Å²) in [7, 11) is 1.96. The number of likely N-dealkylation sites (N-methyl/N-ethyl adjacent to an activating group) is 1. The van der Waals surface area contributed by atoms with Crippen molar-refractivity contribution < 1.29 is 4.74 Å². The summed E-state index contributed by atoms with van der Waals surface area (Å²) in [5.41, 5.74) is 0. The van der Waals surface area contributed by atoms with Crippen LogP contribution < -0.4 is 5.32 Å². The van der Waals surface area contributed by atoms with E-state index in [9.17, 15) is 0 Å². The van der Waals surface area contributed by atoms with Crippen LogP contribution in [0.3, 0.4) is 0 Å². The lowest BCUT2D eigenvalue weighted by Gasteiger charge is -2.03. The van der Waals surface area contributed by atoms with E-state index in [1.165, 1.54) is 83.5 Å². The molecule has 0 unspecified atom stereocenters. The molecule has 0 radical (unpaired) electrons. The van der Waals surface area contributed by atoms with Crippen LogP contribution >= 0.6 is 0 Å². The molecule has 2 nitrogen and oxygen atoms in total. The van der Waals surface area contributed by atoms with E-state index in [0.717, 1.165) is 19.8 Å². The van der Waals surface area contributed by atoms with Crippen molar-refractivity contribution in [1.29, 1.82) is 0 Å². The lowest BCUT2D eigenvalue weighted by atomic mass is 10.1. The maximum atomic E-state index is 5.51. The minimum atomic E-state index is 0.847. The highest BCUT2D eigenvalue weighted by atomic mass is 16.5. The maximum Gasteiger partial charge on any atom is 0.0590 e. The third-order valence-electron chi connectivity index (χ3n) is 4.05. The monoisotopic (exact) mass is 311 g/mol. The van der Waals surface area contributed by atoms with Crippen molar-refractivity contribution in [1.82, 2.24) is 5.32 Å². The molecular weight excluding hydrogens is 270 g/mol. The van der Waals surface area contributed by atoms with E-state index < -0.39 is 0 Å². The van der Waals surface area contributed by atoms with Gasteiger partial charge in [0.25, 0.3) is 0 Å². The molecule has 2 heteroatoms. The second-order valence-corrected chi connectivity index (χ2v) is 6.30. The Kier molecular flexibility index (Phi) is 20.3. The van der Waals surface area contributed by atoms with Crippen molar-refractivity contribution in [2.75, 3.05) is 26.8 Å². The Morgan fingerprint density at radius 2 is 1.23 bits per heavy atom. The van der Waals surface area contributed by atoms with Crippen molar-refractivity contribution >= 4 is 0 Å². The third kappa shape index (κ3) is 19.7. The van der Waals surface area contributed by atoms with E-state index in [-0.39, 0.29) is 0 Å². The summed E-state index contributed by atoms with van der Waals surface area (Å²) in [4.78, 5) is 0. The van der Waals surface area contributed by atoms with Gasteiger partial charge in [-0.2, -0.15) is 0 Å². The maximum absolute atomic E-state index is 5.51. The summed E-state index contributed by atoms with van der Waals surface area (Å²) in [5.74, 6) is 0. The molecule has 0 atom stereocenters. The average molecular weight is 312 g/mol. The SMILES string of the molecule is CCCCCCCCC=CCCCCCCCOCCNC. The van der Waals surface area contributed by atoms with E-state index >= 15 is 0 Å². The molecule has 22 heavy (non-hydrogen) atoms. The van der Waals surface area contributed by atoms with Gasteiger partial charge in [0, 0.05) is 13.2 Å². The average Bonchev–Trinajstić information content (AvgIpc) is 2.54. The Morgan fingerprint density at radius 1 is 0.682 bits per heavy atom. The van der Waals surface area contributed by atoms with Gasteiger partial charge in [0.15, 0.2) is 0 Å². The number of allylic oxidation sites excluding steroid dienone is 2. The van der Waals surface area contributed by atoms with Gasteiger partial charge in [-0.1, -0.05) is 70.4 Å². The van der Waals surface area contributed by atoms with Crippen LogP contribution in [0.4, 0.5) is 0 Å². The number of hydrogen-bond acceptors (Lipinski definition) is 2. The van der Waals surface area contributed by atoms with Crippen LogP contribution in [0.2, 0.25) is 0 Å². The zero-order chi connectivity index (χ0) is 16.1. The molecule has 0 saturated carbocycles. The van der Waals surface area contributed by atoms with Gasteiger partial charge in [0.2, 0.25) is 0 Å². The van der Waals surface area contributed by atoms with Gasteiger partial charge in [-0.15, -0.1) is 0 Å². The molecule has 0 aromatic carbocycles. The predicted octanol–water partition coefficient (Wildman–Crippen LogP) is 5.87. The fourth-order valence-corrected chi connectivity index (χ4v) is 2.55. The molecule has 0 amide bonds. The van der Waals surface area contributed by atoms with Gasteiger partial charge in [-0.05, 0) is 39.2 Å². The third-order valence-corrected chi connectivity index (χ3v) is 4.05. The van der Waals surface area contributed by atoms with Crippen LogP contribution in [0.15, 0.2) is 12.2 Å². The van der Waals surface area contributed by atoms with Crippen molar-refractivity contribution in [3.05, 3.63) is 12.2 Å². The lowest BCUT2D eigenvalue weighted by Crippen LogP contribution is -2.14. The summed E-state index contributed by atoms with van der Waals surface area (Å²) in [6.45, 7) is 5.02. The normalized spacial score (nSPS) is 11.5. The van der Waals surface area contributed by atoms with Gasteiger partial charge in [-0.25, -0.2) is 0 Å². The topological polar surface area (TPSA) is 21.3 Å². The van der Waals surface area contributed by atoms with E-state index in [2.05, 4.69) is 24.4 Å². The van der Waals surface area contributed by atoms with Crippen molar-refractivity contribution in [3.8, 4) is 0 Å². The summed E-state index contributed by atoms with van der Waals surface area (Å²) in [6, 6.07) is 0. The van der Waals surface area contributed by atoms with E-state index in [0.29, 0.717) is 0 Å². The molecule has 132 valence electrons. The molecule has 0 aliphatic rings. The molecule has 0 aliphatic heterocycles. The fraction of sp³-hybridized carbons (Fsp3) is 0.900. The minimum Gasteiger partial charge on any atom is -0.380 e. The molecule has 0 bridgehead atoms. The zero-order valence-corrected chi connectivity index (χ0v) is 15.4. The molecule has 0 saturated heterocycles. The number of hydrogen-bond donors (Lipinski definition) is 1. The molecule has 0 spiro atoms. The van der Waals surface area contributed by atoms with Crippen molar-refractivity contribution in [3.63, 3.8) is 0 Å². The number of unbranched alkanes of at least 4 members (excludes halogenated alkanes) is 11. The lowest BCUT2D eigenvalue weighted by molar-refractivity contribution is 0.133.